The van der Waals surface area contributed by atoms with Crippen molar-refractivity contribution >= 4 is 37.5 Å². The molecule has 0 aliphatic rings. The maximum atomic E-state index is 12.8. The zero-order chi connectivity index (χ0) is 18.6. The lowest BCUT2D eigenvalue weighted by Crippen LogP contribution is -2.17. The Morgan fingerprint density at radius 2 is 1.50 bits per heavy atom. The summed E-state index contributed by atoms with van der Waals surface area (Å²) in [6.45, 7) is 1.95. The van der Waals surface area contributed by atoms with Gasteiger partial charge >= 0.3 is 0 Å². The van der Waals surface area contributed by atoms with Crippen LogP contribution in [0.15, 0.2) is 92.6 Å². The molecule has 132 valence electrons. The third-order valence-electron chi connectivity index (χ3n) is 3.77. The summed E-state index contributed by atoms with van der Waals surface area (Å²) in [6, 6.07) is 23.3. The molecule has 0 saturated heterocycles. The van der Waals surface area contributed by atoms with Crippen LogP contribution < -0.4 is 5.32 Å². The fourth-order valence-electron chi connectivity index (χ4n) is 2.36. The number of hydrogen-bond donors (Lipinski definition) is 1. The second-order valence-electron chi connectivity index (χ2n) is 5.67. The van der Waals surface area contributed by atoms with Crippen LogP contribution in [0.5, 0.6) is 0 Å². The molecular formula is C20H17BrN2O2S. The molecule has 0 aliphatic carbocycles. The second kappa shape index (κ2) is 7.85. The SMILES string of the molecule is Cc1ccccc1N/C(=N\S(=O)(=O)c1ccc(Br)cc1)c1ccccc1. The maximum absolute atomic E-state index is 12.8. The Kier molecular flexibility index (Phi) is 5.54. The highest BCUT2D eigenvalue weighted by Crippen LogP contribution is 2.20. The van der Waals surface area contributed by atoms with Gasteiger partial charge in [-0.15, -0.1) is 4.40 Å². The van der Waals surface area contributed by atoms with Gasteiger partial charge in [0, 0.05) is 15.7 Å². The summed E-state index contributed by atoms with van der Waals surface area (Å²) in [5.41, 5.74) is 2.50. The molecule has 0 saturated carbocycles. The maximum Gasteiger partial charge on any atom is 0.284 e. The minimum absolute atomic E-state index is 0.140. The molecule has 4 nitrogen and oxygen atoms in total. The largest absolute Gasteiger partial charge is 0.339 e. The van der Waals surface area contributed by atoms with Crippen LogP contribution >= 0.6 is 15.9 Å². The van der Waals surface area contributed by atoms with E-state index in [9.17, 15) is 8.42 Å². The summed E-state index contributed by atoms with van der Waals surface area (Å²) in [6.07, 6.45) is 0. The molecule has 26 heavy (non-hydrogen) atoms. The first kappa shape index (κ1) is 18.4. The number of hydrogen-bond acceptors (Lipinski definition) is 2. The average molecular weight is 429 g/mol. The predicted molar refractivity (Wildman–Crippen MR) is 109 cm³/mol. The summed E-state index contributed by atoms with van der Waals surface area (Å²) in [7, 11) is -3.85. The van der Waals surface area contributed by atoms with E-state index in [0.717, 1.165) is 15.7 Å². The number of rotatable bonds is 4. The molecule has 1 N–H and O–H groups in total. The molecule has 0 heterocycles. The highest BCUT2D eigenvalue weighted by molar-refractivity contribution is 9.10. The number of nitrogens with one attached hydrogen (secondary N) is 1. The minimum atomic E-state index is -3.85. The molecule has 0 aromatic heterocycles. The molecule has 0 spiro atoms. The van der Waals surface area contributed by atoms with Crippen LogP contribution in [-0.4, -0.2) is 14.3 Å². The van der Waals surface area contributed by atoms with Crippen LogP contribution in [0.1, 0.15) is 11.1 Å². The van der Waals surface area contributed by atoms with Gasteiger partial charge in [-0.25, -0.2) is 0 Å². The summed E-state index contributed by atoms with van der Waals surface area (Å²) in [5, 5.41) is 3.16. The third-order valence-corrected chi connectivity index (χ3v) is 5.59. The number of sulfonamides is 1. The number of para-hydroxylation sites is 1. The fraction of sp³-hybridized carbons (Fsp3) is 0.0500. The first-order valence-electron chi connectivity index (χ1n) is 7.94. The third kappa shape index (κ3) is 4.39. The summed E-state index contributed by atoms with van der Waals surface area (Å²) >= 11 is 3.31. The molecular weight excluding hydrogens is 412 g/mol. The number of amidine groups is 1. The second-order valence-corrected chi connectivity index (χ2v) is 8.19. The molecule has 0 radical (unpaired) electrons. The Hall–Kier alpha value is -2.44. The molecule has 0 unspecified atom stereocenters. The van der Waals surface area contributed by atoms with Gasteiger partial charge in [0.15, 0.2) is 5.84 Å². The van der Waals surface area contributed by atoms with Crippen molar-refractivity contribution in [3.63, 3.8) is 0 Å². The van der Waals surface area contributed by atoms with E-state index >= 15 is 0 Å². The van der Waals surface area contributed by atoms with Crippen molar-refractivity contribution in [1.29, 1.82) is 0 Å². The molecule has 0 fully saturated rings. The Labute approximate surface area is 161 Å². The highest BCUT2D eigenvalue weighted by Gasteiger charge is 2.16. The van der Waals surface area contributed by atoms with Crippen molar-refractivity contribution < 1.29 is 8.42 Å². The molecule has 0 bridgehead atoms. The van der Waals surface area contributed by atoms with E-state index in [-0.39, 0.29) is 10.7 Å². The number of nitrogens with zero attached hydrogens (tertiary/aromatic N) is 1. The highest BCUT2D eigenvalue weighted by atomic mass is 79.9. The van der Waals surface area contributed by atoms with Crippen molar-refractivity contribution in [3.05, 3.63) is 94.5 Å². The zero-order valence-corrected chi connectivity index (χ0v) is 16.5. The van der Waals surface area contributed by atoms with Gasteiger partial charge in [0.1, 0.15) is 0 Å². The first-order chi connectivity index (χ1) is 12.5. The fourth-order valence-corrected chi connectivity index (χ4v) is 3.61. The number of anilines is 1. The normalized spacial score (nSPS) is 12.0. The van der Waals surface area contributed by atoms with Crippen molar-refractivity contribution in [1.82, 2.24) is 0 Å². The van der Waals surface area contributed by atoms with Gasteiger partial charge in [-0.05, 0) is 42.8 Å². The molecule has 3 aromatic carbocycles. The zero-order valence-electron chi connectivity index (χ0n) is 14.1. The predicted octanol–water partition coefficient (Wildman–Crippen LogP) is 5.01. The van der Waals surface area contributed by atoms with Crippen LogP contribution in [0, 0.1) is 6.92 Å². The van der Waals surface area contributed by atoms with Gasteiger partial charge in [0.05, 0.1) is 4.90 Å². The standard InChI is InChI=1S/C20H17BrN2O2S/c1-15-7-5-6-10-19(15)22-20(16-8-3-2-4-9-16)23-26(24,25)18-13-11-17(21)12-14-18/h2-14H,1H3,(H,22,23). The Morgan fingerprint density at radius 1 is 0.885 bits per heavy atom. The summed E-state index contributed by atoms with van der Waals surface area (Å²) < 4.78 is 30.4. The van der Waals surface area contributed by atoms with Crippen molar-refractivity contribution in [2.45, 2.75) is 11.8 Å². The van der Waals surface area contributed by atoms with Crippen molar-refractivity contribution in [3.8, 4) is 0 Å². The molecule has 6 heteroatoms. The Balaban J connectivity index is 2.07. The van der Waals surface area contributed by atoms with E-state index in [2.05, 4.69) is 25.6 Å². The average Bonchev–Trinajstić information content (AvgIpc) is 2.64. The van der Waals surface area contributed by atoms with Gasteiger partial charge in [0.2, 0.25) is 0 Å². The van der Waals surface area contributed by atoms with Crippen LogP contribution in [0.25, 0.3) is 0 Å². The molecule has 3 rings (SSSR count). The van der Waals surface area contributed by atoms with E-state index in [4.69, 9.17) is 0 Å². The monoisotopic (exact) mass is 428 g/mol. The van der Waals surface area contributed by atoms with Crippen LogP contribution in [0.3, 0.4) is 0 Å². The van der Waals surface area contributed by atoms with E-state index in [1.807, 2.05) is 61.5 Å². The van der Waals surface area contributed by atoms with Gasteiger partial charge in [0.25, 0.3) is 10.0 Å². The lowest BCUT2D eigenvalue weighted by molar-refractivity contribution is 0.598. The van der Waals surface area contributed by atoms with Crippen molar-refractivity contribution in [2.24, 2.45) is 4.40 Å². The van der Waals surface area contributed by atoms with E-state index < -0.39 is 10.0 Å². The van der Waals surface area contributed by atoms with E-state index in [1.165, 1.54) is 12.1 Å². The Bertz CT molecular complexity index is 1030. The van der Waals surface area contributed by atoms with Gasteiger partial charge < -0.3 is 5.32 Å². The number of aryl methyl sites for hydroxylation is 1. The van der Waals surface area contributed by atoms with Crippen molar-refractivity contribution in [2.75, 3.05) is 5.32 Å². The minimum Gasteiger partial charge on any atom is -0.339 e. The van der Waals surface area contributed by atoms with E-state index in [1.54, 1.807) is 12.1 Å². The lowest BCUT2D eigenvalue weighted by Gasteiger charge is -2.12. The molecule has 3 aromatic rings. The van der Waals surface area contributed by atoms with Gasteiger partial charge in [-0.1, -0.05) is 64.5 Å². The number of halogens is 1. The molecule has 0 aliphatic heterocycles. The summed E-state index contributed by atoms with van der Waals surface area (Å²) in [5.74, 6) is 0.280. The lowest BCUT2D eigenvalue weighted by atomic mass is 10.1. The quantitative estimate of drug-likeness (QED) is 0.469. The molecule has 0 atom stereocenters. The van der Waals surface area contributed by atoms with Crippen LogP contribution in [0.2, 0.25) is 0 Å². The first-order valence-corrected chi connectivity index (χ1v) is 10.2. The van der Waals surface area contributed by atoms with Gasteiger partial charge in [-0.2, -0.15) is 8.42 Å². The van der Waals surface area contributed by atoms with Gasteiger partial charge in [-0.3, -0.25) is 0 Å². The topological polar surface area (TPSA) is 58.5 Å². The number of benzene rings is 3. The van der Waals surface area contributed by atoms with Crippen LogP contribution in [0.4, 0.5) is 5.69 Å². The van der Waals surface area contributed by atoms with Crippen LogP contribution in [-0.2, 0) is 10.0 Å². The smallest absolute Gasteiger partial charge is 0.284 e. The Morgan fingerprint density at radius 3 is 2.15 bits per heavy atom. The summed E-state index contributed by atoms with van der Waals surface area (Å²) in [4.78, 5) is 0.140. The van der Waals surface area contributed by atoms with E-state index in [0.29, 0.717) is 5.56 Å². The molecule has 0 amide bonds.